The average molecular weight is 334 g/mol. The van der Waals surface area contributed by atoms with E-state index in [4.69, 9.17) is 10.5 Å². The first-order valence-electron chi connectivity index (χ1n) is 7.71. The predicted octanol–water partition coefficient (Wildman–Crippen LogP) is 0.530. The van der Waals surface area contributed by atoms with Gasteiger partial charge in [-0.1, -0.05) is 12.7 Å². The molecule has 2 heterocycles. The van der Waals surface area contributed by atoms with Gasteiger partial charge in [0.15, 0.2) is 0 Å². The summed E-state index contributed by atoms with van der Waals surface area (Å²) in [6, 6.07) is -0.0932. The zero-order valence-corrected chi connectivity index (χ0v) is 13.4. The molecule has 0 spiro atoms. The number of hydrogen-bond donors (Lipinski definition) is 2. The molecule has 0 radical (unpaired) electrons. The van der Waals surface area contributed by atoms with Gasteiger partial charge in [-0.15, -0.1) is 0 Å². The fraction of sp³-hybridized carbons (Fsp3) is 0.438. The highest BCUT2D eigenvalue weighted by Gasteiger charge is 2.34. The summed E-state index contributed by atoms with van der Waals surface area (Å²) in [6.45, 7) is 4.56. The number of hydrogen-bond acceptors (Lipinski definition) is 5. The number of aromatic nitrogens is 2. The van der Waals surface area contributed by atoms with E-state index < -0.39 is 18.1 Å². The van der Waals surface area contributed by atoms with E-state index in [2.05, 4.69) is 11.6 Å². The summed E-state index contributed by atoms with van der Waals surface area (Å²) in [6.07, 6.45) is 7.93. The van der Waals surface area contributed by atoms with Gasteiger partial charge in [-0.2, -0.15) is 0 Å². The van der Waals surface area contributed by atoms with Crippen LogP contribution >= 0.6 is 0 Å². The average Bonchev–Trinajstić information content (AvgIpc) is 3.14. The molecule has 1 aliphatic heterocycles. The lowest BCUT2D eigenvalue weighted by Gasteiger charge is -2.23. The number of β-amino-alcohol motifs (C(OH)–C–C–N with tert-alkyl or cyclic N) is 1. The maximum Gasteiger partial charge on any atom is 0.410 e. The Bertz CT molecular complexity index is 625. The molecule has 1 aromatic rings. The molecule has 8 nitrogen and oxygen atoms in total. The van der Waals surface area contributed by atoms with Gasteiger partial charge in [-0.3, -0.25) is 4.79 Å². The zero-order valence-electron chi connectivity index (χ0n) is 13.4. The van der Waals surface area contributed by atoms with Crippen molar-refractivity contribution in [3.05, 3.63) is 36.9 Å². The van der Waals surface area contributed by atoms with Gasteiger partial charge in [0.2, 0.25) is 5.91 Å². The Morgan fingerprint density at radius 3 is 3.04 bits per heavy atom. The Kier molecular flexibility index (Phi) is 6.14. The molecule has 0 saturated carbocycles. The SMILES string of the molecule is C=CCOC(=O)N1C[C@H](O)C[C@H]1CCn1cnc(/C=C/C(N)=O)c1. The second kappa shape index (κ2) is 8.30. The highest BCUT2D eigenvalue weighted by Crippen LogP contribution is 2.22. The van der Waals surface area contributed by atoms with E-state index in [1.165, 1.54) is 18.2 Å². The van der Waals surface area contributed by atoms with Crippen LogP contribution in [-0.4, -0.2) is 56.9 Å². The van der Waals surface area contributed by atoms with Crippen LogP contribution < -0.4 is 5.73 Å². The molecular formula is C16H22N4O4. The molecule has 24 heavy (non-hydrogen) atoms. The lowest BCUT2D eigenvalue weighted by atomic mass is 10.1. The number of likely N-dealkylation sites (tertiary alicyclic amines) is 1. The molecule has 0 aliphatic carbocycles. The second-order valence-corrected chi connectivity index (χ2v) is 5.62. The highest BCUT2D eigenvalue weighted by molar-refractivity contribution is 5.89. The summed E-state index contributed by atoms with van der Waals surface area (Å²) in [4.78, 5) is 28.4. The number of nitrogens with zero attached hydrogens (tertiary/aromatic N) is 3. The Morgan fingerprint density at radius 1 is 1.54 bits per heavy atom. The molecule has 0 bridgehead atoms. The van der Waals surface area contributed by atoms with Crippen LogP contribution in [0.1, 0.15) is 18.5 Å². The minimum atomic E-state index is -0.539. The van der Waals surface area contributed by atoms with Crippen molar-refractivity contribution < 1.29 is 19.4 Å². The zero-order chi connectivity index (χ0) is 17.5. The Morgan fingerprint density at radius 2 is 2.33 bits per heavy atom. The van der Waals surface area contributed by atoms with Crippen LogP contribution in [0.15, 0.2) is 31.3 Å². The molecule has 0 unspecified atom stereocenters. The predicted molar refractivity (Wildman–Crippen MR) is 87.7 cm³/mol. The van der Waals surface area contributed by atoms with Gasteiger partial charge in [0.25, 0.3) is 0 Å². The van der Waals surface area contributed by atoms with Gasteiger partial charge in [-0.25, -0.2) is 9.78 Å². The number of aliphatic hydroxyl groups is 1. The standard InChI is InChI=1S/C16H22N4O4/c1-2-7-24-16(23)20-10-14(21)8-13(20)5-6-19-9-12(18-11-19)3-4-15(17)22/h2-4,9,11,13-14,21H,1,5-8,10H2,(H2,17,22)/b4-3+/t13-,14-/m1/s1. The maximum atomic E-state index is 12.0. The van der Waals surface area contributed by atoms with Crippen LogP contribution in [0.5, 0.6) is 0 Å². The summed E-state index contributed by atoms with van der Waals surface area (Å²) >= 11 is 0. The van der Waals surface area contributed by atoms with Crippen LogP contribution in [0.4, 0.5) is 4.79 Å². The van der Waals surface area contributed by atoms with E-state index >= 15 is 0 Å². The van der Waals surface area contributed by atoms with E-state index in [1.54, 1.807) is 17.4 Å². The molecule has 0 aromatic carbocycles. The number of carbonyl (C=O) groups is 2. The van der Waals surface area contributed by atoms with Crippen molar-refractivity contribution in [2.75, 3.05) is 13.2 Å². The van der Waals surface area contributed by atoms with E-state index in [-0.39, 0.29) is 19.2 Å². The fourth-order valence-electron chi connectivity index (χ4n) is 2.65. The number of nitrogens with two attached hydrogens (primary N) is 1. The molecule has 2 rings (SSSR count). The van der Waals surface area contributed by atoms with Crippen LogP contribution in [0, 0.1) is 0 Å². The summed E-state index contributed by atoms with van der Waals surface area (Å²) in [5.41, 5.74) is 5.67. The van der Waals surface area contributed by atoms with Gasteiger partial charge < -0.3 is 25.0 Å². The van der Waals surface area contributed by atoms with Crippen molar-refractivity contribution in [3.63, 3.8) is 0 Å². The van der Waals surface area contributed by atoms with Crippen LogP contribution in [0.25, 0.3) is 6.08 Å². The second-order valence-electron chi connectivity index (χ2n) is 5.62. The number of imidazole rings is 1. The third-order valence-electron chi connectivity index (χ3n) is 3.74. The van der Waals surface area contributed by atoms with Crippen molar-refractivity contribution in [2.45, 2.75) is 31.5 Å². The molecule has 1 fully saturated rings. The Hall–Kier alpha value is -2.61. The molecule has 1 aliphatic rings. The molecule has 8 heteroatoms. The molecule has 2 amide bonds. The number of aryl methyl sites for hydroxylation is 1. The van der Waals surface area contributed by atoms with Gasteiger partial charge in [0, 0.05) is 24.9 Å². The number of aliphatic hydroxyl groups excluding tert-OH is 1. The molecule has 1 saturated heterocycles. The van der Waals surface area contributed by atoms with Gasteiger partial charge in [0.05, 0.1) is 24.7 Å². The number of carbonyl (C=O) groups excluding carboxylic acids is 2. The van der Waals surface area contributed by atoms with Crippen molar-refractivity contribution in [2.24, 2.45) is 5.73 Å². The highest BCUT2D eigenvalue weighted by atomic mass is 16.6. The minimum Gasteiger partial charge on any atom is -0.445 e. The summed E-state index contributed by atoms with van der Waals surface area (Å²) in [7, 11) is 0. The molecule has 2 atom stereocenters. The van der Waals surface area contributed by atoms with Crippen molar-refractivity contribution in [1.82, 2.24) is 14.5 Å². The van der Waals surface area contributed by atoms with Crippen LogP contribution in [-0.2, 0) is 16.1 Å². The number of primary amides is 1. The molecule has 3 N–H and O–H groups in total. The third kappa shape index (κ3) is 4.95. The number of amides is 2. The number of rotatable bonds is 7. The summed E-state index contributed by atoms with van der Waals surface area (Å²) < 4.78 is 6.91. The molecule has 1 aromatic heterocycles. The Labute approximate surface area is 140 Å². The summed E-state index contributed by atoms with van der Waals surface area (Å²) in [5.74, 6) is -0.529. The van der Waals surface area contributed by atoms with Crippen molar-refractivity contribution >= 4 is 18.1 Å². The van der Waals surface area contributed by atoms with Crippen molar-refractivity contribution in [3.8, 4) is 0 Å². The third-order valence-corrected chi connectivity index (χ3v) is 3.74. The molecular weight excluding hydrogens is 312 g/mol. The minimum absolute atomic E-state index is 0.0932. The maximum absolute atomic E-state index is 12.0. The van der Waals surface area contributed by atoms with E-state index in [0.717, 1.165) is 0 Å². The van der Waals surface area contributed by atoms with E-state index in [1.807, 2.05) is 4.57 Å². The topological polar surface area (TPSA) is 111 Å². The van der Waals surface area contributed by atoms with Crippen LogP contribution in [0.3, 0.4) is 0 Å². The van der Waals surface area contributed by atoms with Gasteiger partial charge in [-0.05, 0) is 18.9 Å². The smallest absolute Gasteiger partial charge is 0.410 e. The monoisotopic (exact) mass is 334 g/mol. The first-order valence-corrected chi connectivity index (χ1v) is 7.71. The summed E-state index contributed by atoms with van der Waals surface area (Å²) in [5, 5.41) is 9.83. The lowest BCUT2D eigenvalue weighted by molar-refractivity contribution is -0.113. The van der Waals surface area contributed by atoms with Gasteiger partial charge >= 0.3 is 6.09 Å². The normalized spacial score (nSPS) is 20.5. The fourth-order valence-corrected chi connectivity index (χ4v) is 2.65. The first kappa shape index (κ1) is 17.7. The quantitative estimate of drug-likeness (QED) is 0.558. The van der Waals surface area contributed by atoms with Crippen LogP contribution in [0.2, 0.25) is 0 Å². The largest absolute Gasteiger partial charge is 0.445 e. The van der Waals surface area contributed by atoms with Gasteiger partial charge in [0.1, 0.15) is 6.61 Å². The molecule has 130 valence electrons. The van der Waals surface area contributed by atoms with Crippen molar-refractivity contribution in [1.29, 1.82) is 0 Å². The lowest BCUT2D eigenvalue weighted by Crippen LogP contribution is -2.37. The Balaban J connectivity index is 1.91. The number of ether oxygens (including phenoxy) is 1. The first-order chi connectivity index (χ1) is 11.5. The van der Waals surface area contributed by atoms with E-state index in [0.29, 0.717) is 25.1 Å². The van der Waals surface area contributed by atoms with E-state index in [9.17, 15) is 14.7 Å².